The van der Waals surface area contributed by atoms with Crippen molar-refractivity contribution in [3.63, 3.8) is 0 Å². The van der Waals surface area contributed by atoms with Crippen LogP contribution in [0.5, 0.6) is 5.88 Å². The summed E-state index contributed by atoms with van der Waals surface area (Å²) in [6.07, 6.45) is 2.34. The summed E-state index contributed by atoms with van der Waals surface area (Å²) in [4.78, 5) is 32.7. The highest BCUT2D eigenvalue weighted by Crippen LogP contribution is 2.30. The lowest BCUT2D eigenvalue weighted by atomic mass is 10.1. The smallest absolute Gasteiger partial charge is 0.296 e. The third kappa shape index (κ3) is 6.43. The molecule has 1 amide bonds. The molecule has 1 aromatic carbocycles. The molecule has 5 heterocycles. The van der Waals surface area contributed by atoms with Crippen LogP contribution in [-0.4, -0.2) is 101 Å². The minimum absolute atomic E-state index is 0.171. The van der Waals surface area contributed by atoms with E-state index in [0.29, 0.717) is 68.7 Å². The van der Waals surface area contributed by atoms with E-state index in [0.717, 1.165) is 32.6 Å². The van der Waals surface area contributed by atoms with Crippen LogP contribution in [0.25, 0.3) is 16.9 Å². The highest BCUT2D eigenvalue weighted by atomic mass is 19.3. The number of aromatic nitrogens is 4. The second-order valence-corrected chi connectivity index (χ2v) is 11.0. The van der Waals surface area contributed by atoms with Gasteiger partial charge in [0, 0.05) is 51.1 Å². The van der Waals surface area contributed by atoms with Crippen molar-refractivity contribution in [2.75, 3.05) is 70.5 Å². The molecule has 3 aliphatic rings. The van der Waals surface area contributed by atoms with Gasteiger partial charge in [-0.15, -0.1) is 0 Å². The van der Waals surface area contributed by atoms with Crippen LogP contribution in [0.15, 0.2) is 30.3 Å². The third-order valence-corrected chi connectivity index (χ3v) is 8.18. The third-order valence-electron chi connectivity index (χ3n) is 8.18. The van der Waals surface area contributed by atoms with Gasteiger partial charge in [0.05, 0.1) is 30.9 Å². The van der Waals surface area contributed by atoms with Crippen molar-refractivity contribution < 1.29 is 23.0 Å². The van der Waals surface area contributed by atoms with Gasteiger partial charge < -0.3 is 24.2 Å². The minimum Gasteiger partial charge on any atom is -0.477 e. The number of carbonyl (C=O) groups excluding carboxylic acids is 1. The molecule has 41 heavy (non-hydrogen) atoms. The molecule has 0 unspecified atom stereocenters. The van der Waals surface area contributed by atoms with Crippen LogP contribution in [0.4, 0.5) is 14.7 Å². The van der Waals surface area contributed by atoms with Crippen LogP contribution in [0.1, 0.15) is 44.4 Å². The van der Waals surface area contributed by atoms with Gasteiger partial charge >= 0.3 is 0 Å². The number of alkyl halides is 2. The first-order valence-electron chi connectivity index (χ1n) is 14.7. The number of piperidine rings is 1. The Morgan fingerprint density at radius 1 is 1.02 bits per heavy atom. The monoisotopic (exact) mass is 569 g/mol. The summed E-state index contributed by atoms with van der Waals surface area (Å²) in [5.41, 5.74) is 1.00. The van der Waals surface area contributed by atoms with Crippen LogP contribution >= 0.6 is 0 Å². The number of imidazole rings is 1. The van der Waals surface area contributed by atoms with Crippen molar-refractivity contribution in [2.24, 2.45) is 5.92 Å². The number of morpholine rings is 1. The van der Waals surface area contributed by atoms with Crippen LogP contribution in [0.2, 0.25) is 0 Å². The van der Waals surface area contributed by atoms with E-state index in [9.17, 15) is 13.6 Å². The molecule has 220 valence electrons. The van der Waals surface area contributed by atoms with E-state index in [2.05, 4.69) is 19.9 Å². The van der Waals surface area contributed by atoms with E-state index in [4.69, 9.17) is 9.47 Å². The molecule has 3 aromatic rings. The molecule has 0 N–H and O–H groups in total. The number of hydrogen-bond acceptors (Lipinski definition) is 8. The lowest BCUT2D eigenvalue weighted by Crippen LogP contribution is -2.37. The number of hydrogen-bond donors (Lipinski definition) is 0. The highest BCUT2D eigenvalue weighted by Gasteiger charge is 2.28. The summed E-state index contributed by atoms with van der Waals surface area (Å²) in [6, 6.07) is 8.61. The SMILES string of the molecule is O=C(CCN1CCCCC1)N1CC[C@H](COc2cc(-n3c(C(F)F)nc4ccccc43)nc(N3CCOCC3)n2)C1. The molecule has 2 aromatic heterocycles. The fourth-order valence-corrected chi connectivity index (χ4v) is 5.92. The molecule has 6 rings (SSSR count). The van der Waals surface area contributed by atoms with Gasteiger partial charge in [-0.25, -0.2) is 13.8 Å². The normalized spacial score (nSPS) is 20.3. The number of benzene rings is 1. The molecule has 12 heteroatoms. The molecule has 3 fully saturated rings. The lowest BCUT2D eigenvalue weighted by molar-refractivity contribution is -0.130. The summed E-state index contributed by atoms with van der Waals surface area (Å²) in [5.74, 6) is 0.984. The lowest BCUT2D eigenvalue weighted by Gasteiger charge is -2.27. The van der Waals surface area contributed by atoms with Crippen LogP contribution in [-0.2, 0) is 9.53 Å². The summed E-state index contributed by atoms with van der Waals surface area (Å²) < 4.78 is 41.3. The second kappa shape index (κ2) is 12.6. The van der Waals surface area contributed by atoms with Gasteiger partial charge in [0.15, 0.2) is 5.82 Å². The molecule has 0 bridgehead atoms. The van der Waals surface area contributed by atoms with Crippen LogP contribution in [0, 0.1) is 5.92 Å². The first-order chi connectivity index (χ1) is 20.0. The first kappa shape index (κ1) is 27.8. The Hall–Kier alpha value is -3.38. The average Bonchev–Trinajstić information content (AvgIpc) is 3.65. The van der Waals surface area contributed by atoms with E-state index in [1.165, 1.54) is 23.8 Å². The molecular weight excluding hydrogens is 532 g/mol. The Morgan fingerprint density at radius 2 is 1.83 bits per heavy atom. The van der Waals surface area contributed by atoms with E-state index < -0.39 is 6.43 Å². The summed E-state index contributed by atoms with van der Waals surface area (Å²) in [7, 11) is 0. The van der Waals surface area contributed by atoms with Crippen molar-refractivity contribution in [1.29, 1.82) is 0 Å². The van der Waals surface area contributed by atoms with E-state index in [1.54, 1.807) is 30.3 Å². The summed E-state index contributed by atoms with van der Waals surface area (Å²) in [6.45, 7) is 6.99. The predicted molar refractivity (Wildman–Crippen MR) is 150 cm³/mol. The zero-order chi connectivity index (χ0) is 28.2. The maximum atomic E-state index is 14.1. The average molecular weight is 570 g/mol. The zero-order valence-electron chi connectivity index (χ0n) is 23.3. The Morgan fingerprint density at radius 3 is 2.63 bits per heavy atom. The maximum absolute atomic E-state index is 14.1. The van der Waals surface area contributed by atoms with E-state index in [-0.39, 0.29) is 23.5 Å². The number of fused-ring (bicyclic) bond motifs is 1. The fourth-order valence-electron chi connectivity index (χ4n) is 5.92. The number of para-hydroxylation sites is 2. The topological polar surface area (TPSA) is 88.9 Å². The summed E-state index contributed by atoms with van der Waals surface area (Å²) in [5, 5.41) is 0. The molecule has 3 aliphatic heterocycles. The van der Waals surface area contributed by atoms with Crippen molar-refractivity contribution in [2.45, 2.75) is 38.5 Å². The number of rotatable bonds is 9. The molecule has 0 saturated carbocycles. The Kier molecular flexibility index (Phi) is 8.56. The number of halogens is 2. The van der Waals surface area contributed by atoms with Gasteiger partial charge in [0.1, 0.15) is 5.82 Å². The van der Waals surface area contributed by atoms with Gasteiger partial charge in [0.25, 0.3) is 6.43 Å². The quantitative estimate of drug-likeness (QED) is 0.386. The van der Waals surface area contributed by atoms with Crippen molar-refractivity contribution in [3.8, 4) is 11.7 Å². The van der Waals surface area contributed by atoms with E-state index in [1.807, 2.05) is 9.80 Å². The fraction of sp³-hybridized carbons (Fsp3) is 0.586. The van der Waals surface area contributed by atoms with Crippen molar-refractivity contribution >= 4 is 22.9 Å². The van der Waals surface area contributed by atoms with Crippen molar-refractivity contribution in [1.82, 2.24) is 29.3 Å². The molecule has 3 saturated heterocycles. The number of nitrogens with zero attached hydrogens (tertiary/aromatic N) is 7. The van der Waals surface area contributed by atoms with Gasteiger partial charge in [0.2, 0.25) is 17.7 Å². The number of ether oxygens (including phenoxy) is 2. The molecule has 0 radical (unpaired) electrons. The highest BCUT2D eigenvalue weighted by molar-refractivity contribution is 5.78. The second-order valence-electron chi connectivity index (χ2n) is 11.0. The molecule has 10 nitrogen and oxygen atoms in total. The number of amides is 1. The van der Waals surface area contributed by atoms with Crippen LogP contribution in [0.3, 0.4) is 0 Å². The molecule has 0 spiro atoms. The molecular formula is C29H37F2N7O3. The Bertz CT molecular complexity index is 1340. The molecule has 0 aliphatic carbocycles. The number of carbonyl (C=O) groups is 1. The largest absolute Gasteiger partial charge is 0.477 e. The standard InChI is InChI=1S/C29H37F2N7O3/c30-27(31)28-32-22-6-2-3-7-23(22)38(28)24-18-25(34-29(33-24)36-14-16-40-17-15-36)41-20-21-8-13-37(19-21)26(39)9-12-35-10-4-1-5-11-35/h2-3,6-7,18,21,27H,1,4-5,8-17,19-20H2/t21-/m0/s1. The predicted octanol–water partition coefficient (Wildman–Crippen LogP) is 3.69. The number of likely N-dealkylation sites (tertiary alicyclic amines) is 2. The van der Waals surface area contributed by atoms with Gasteiger partial charge in [-0.2, -0.15) is 9.97 Å². The first-order valence-corrected chi connectivity index (χ1v) is 14.7. The van der Waals surface area contributed by atoms with Gasteiger partial charge in [-0.05, 0) is 44.5 Å². The number of anilines is 1. The van der Waals surface area contributed by atoms with Gasteiger partial charge in [-0.3, -0.25) is 9.36 Å². The summed E-state index contributed by atoms with van der Waals surface area (Å²) >= 11 is 0. The van der Waals surface area contributed by atoms with Gasteiger partial charge in [-0.1, -0.05) is 18.6 Å². The van der Waals surface area contributed by atoms with E-state index >= 15 is 0 Å². The zero-order valence-corrected chi connectivity index (χ0v) is 23.3. The van der Waals surface area contributed by atoms with Crippen molar-refractivity contribution in [3.05, 3.63) is 36.2 Å². The Balaban J connectivity index is 1.18. The van der Waals surface area contributed by atoms with Crippen LogP contribution < -0.4 is 9.64 Å². The maximum Gasteiger partial charge on any atom is 0.296 e. The Labute approximate surface area is 238 Å². The minimum atomic E-state index is -2.79. The molecule has 1 atom stereocenters.